The average molecular weight is 957 g/mol. The van der Waals surface area contributed by atoms with E-state index >= 15 is 0 Å². The summed E-state index contributed by atoms with van der Waals surface area (Å²) < 4.78 is 93.2. The molecule has 65 heavy (non-hydrogen) atoms. The summed E-state index contributed by atoms with van der Waals surface area (Å²) in [7, 11) is -10.4. The Hall–Kier alpha value is -5.32. The zero-order chi connectivity index (χ0) is 49.6. The number of amides is 2. The highest BCUT2D eigenvalue weighted by Gasteiger charge is 2.44. The summed E-state index contributed by atoms with van der Waals surface area (Å²) in [5.74, 6) is -4.61. The molecule has 0 aliphatic rings. The maximum atomic E-state index is 14.2. The predicted molar refractivity (Wildman–Crippen MR) is 236 cm³/mol. The quantitative estimate of drug-likeness (QED) is 0.128. The van der Waals surface area contributed by atoms with E-state index in [1.807, 2.05) is 0 Å². The van der Waals surface area contributed by atoms with Gasteiger partial charge in [-0.2, -0.15) is 25.4 Å². The van der Waals surface area contributed by atoms with E-state index in [0.717, 1.165) is 0 Å². The van der Waals surface area contributed by atoms with Gasteiger partial charge in [-0.15, -0.1) is 0 Å². The number of hydrogen-bond donors (Lipinski definition) is 2. The first-order chi connectivity index (χ1) is 29.7. The zero-order valence-electron chi connectivity index (χ0n) is 39.1. The second-order valence-electron chi connectivity index (χ2n) is 18.6. The van der Waals surface area contributed by atoms with Gasteiger partial charge in [0.1, 0.15) is 47.7 Å². The lowest BCUT2D eigenvalue weighted by molar-refractivity contribution is -0.167. The fraction of sp³-hybridized carbons (Fsp3) is 0.581. The van der Waals surface area contributed by atoms with E-state index in [2.05, 4.69) is 0 Å². The molecule has 20 nitrogen and oxygen atoms in total. The van der Waals surface area contributed by atoms with Crippen LogP contribution in [-0.4, -0.2) is 109 Å². The third-order valence-corrected chi connectivity index (χ3v) is 10.8. The van der Waals surface area contributed by atoms with E-state index in [1.54, 1.807) is 70.1 Å². The van der Waals surface area contributed by atoms with E-state index in [4.69, 9.17) is 28.4 Å². The Balaban J connectivity index is 2.73. The molecular weight excluding hydrogens is 893 g/mol. The maximum Gasteiger partial charge on any atom is 0.422 e. The summed E-state index contributed by atoms with van der Waals surface area (Å²) in [5.41, 5.74) is -3.69. The summed E-state index contributed by atoms with van der Waals surface area (Å²) >= 11 is 0. The molecule has 0 bridgehead atoms. The number of nitrogens with zero attached hydrogens (tertiary/aromatic N) is 2. The van der Waals surface area contributed by atoms with Gasteiger partial charge in [0.15, 0.2) is 0 Å². The zero-order valence-corrected chi connectivity index (χ0v) is 40.8. The van der Waals surface area contributed by atoms with Crippen molar-refractivity contribution in [2.75, 3.05) is 13.1 Å². The lowest BCUT2D eigenvalue weighted by Gasteiger charge is -2.34. The number of carbonyl (C=O) groups is 6. The normalized spacial score (nSPS) is 13.5. The van der Waals surface area contributed by atoms with Gasteiger partial charge in [0.2, 0.25) is 0 Å². The van der Waals surface area contributed by atoms with Crippen molar-refractivity contribution in [3.8, 4) is 0 Å². The van der Waals surface area contributed by atoms with Gasteiger partial charge < -0.3 is 28.4 Å². The molecule has 2 unspecified atom stereocenters. The fourth-order valence-electron chi connectivity index (χ4n) is 5.53. The van der Waals surface area contributed by atoms with Crippen LogP contribution in [0.15, 0.2) is 60.7 Å². The number of esters is 4. The van der Waals surface area contributed by atoms with Crippen LogP contribution in [0.3, 0.4) is 0 Å². The van der Waals surface area contributed by atoms with Gasteiger partial charge in [-0.25, -0.2) is 19.0 Å². The molecule has 2 rings (SSSR count). The molecule has 0 spiro atoms. The Kier molecular flexibility index (Phi) is 19.9. The Morgan fingerprint density at radius 2 is 0.785 bits per heavy atom. The average Bonchev–Trinajstić information content (AvgIpc) is 3.12. The van der Waals surface area contributed by atoms with Crippen LogP contribution in [0.2, 0.25) is 0 Å². The number of rotatable bonds is 20. The van der Waals surface area contributed by atoms with Crippen molar-refractivity contribution < 1.29 is 74.0 Å². The molecule has 2 aromatic rings. The predicted octanol–water partition coefficient (Wildman–Crippen LogP) is 5.21. The fourth-order valence-corrected chi connectivity index (χ4v) is 8.03. The Morgan fingerprint density at radius 3 is 1.06 bits per heavy atom. The van der Waals surface area contributed by atoms with Crippen LogP contribution in [0, 0.1) is 0 Å². The summed E-state index contributed by atoms with van der Waals surface area (Å²) in [6.45, 7) is 15.6. The van der Waals surface area contributed by atoms with Crippen molar-refractivity contribution in [1.82, 2.24) is 18.1 Å². The van der Waals surface area contributed by atoms with Crippen LogP contribution in [0.1, 0.15) is 113 Å². The molecule has 0 aromatic heterocycles. The molecule has 0 radical (unpaired) electrons. The third-order valence-electron chi connectivity index (χ3n) is 7.84. The van der Waals surface area contributed by atoms with Gasteiger partial charge in [-0.3, -0.25) is 19.2 Å². The monoisotopic (exact) mass is 956 g/mol. The van der Waals surface area contributed by atoms with Gasteiger partial charge in [0.05, 0.1) is 12.8 Å². The van der Waals surface area contributed by atoms with Gasteiger partial charge in [0, 0.05) is 13.1 Å². The van der Waals surface area contributed by atoms with E-state index in [-0.39, 0.29) is 13.2 Å². The van der Waals surface area contributed by atoms with Crippen molar-refractivity contribution in [3.63, 3.8) is 0 Å². The van der Waals surface area contributed by atoms with Gasteiger partial charge in [-0.05, 0) is 101 Å². The van der Waals surface area contributed by atoms with Crippen LogP contribution < -0.4 is 9.44 Å². The molecule has 0 saturated carbocycles. The standard InChI is InChI=1S/C43H64N4O16S2/c1-40(2,3)60-34(48)26-32(36(50)62-42(7,8)9)46(64(54,55)44-38(52)58-28-30-20-15-13-16-21-30)24-19-25-47(65(56,57)45-39(53)59-29-31-22-17-14-18-23-31)33(37(51)63-43(10,11)12)27-35(49)61-41(4,5)6/h13-18,20-23,32-33H,19,24-29H2,1-12H3,(H,44,52)(H,45,53). The first-order valence-electron chi connectivity index (χ1n) is 20.6. The second-order valence-corrected chi connectivity index (χ2v) is 21.8. The molecule has 0 saturated heterocycles. The molecule has 2 aromatic carbocycles. The number of nitrogens with one attached hydrogen (secondary N) is 2. The number of hydrogen-bond acceptors (Lipinski definition) is 16. The van der Waals surface area contributed by atoms with Crippen molar-refractivity contribution in [2.45, 2.75) is 150 Å². The first-order valence-corrected chi connectivity index (χ1v) is 23.4. The first kappa shape index (κ1) is 55.8. The van der Waals surface area contributed by atoms with Gasteiger partial charge in [0.25, 0.3) is 0 Å². The minimum absolute atomic E-state index is 0.368. The lowest BCUT2D eigenvalue weighted by atomic mass is 10.1. The van der Waals surface area contributed by atoms with E-state index in [1.165, 1.54) is 83.1 Å². The highest BCUT2D eigenvalue weighted by atomic mass is 32.2. The summed E-state index contributed by atoms with van der Waals surface area (Å²) in [4.78, 5) is 80.4. The largest absolute Gasteiger partial charge is 0.460 e. The van der Waals surface area contributed by atoms with E-state index in [9.17, 15) is 45.6 Å². The number of benzene rings is 2. The smallest absolute Gasteiger partial charge is 0.422 e. The SMILES string of the molecule is CC(C)(C)OC(=O)CC(C(=O)OC(C)(C)C)N(CCCN(C(CC(=O)OC(C)(C)C)C(=O)OC(C)(C)C)S(=O)(=O)NC(=O)OCc1ccccc1)S(=O)(=O)NC(=O)OCc1ccccc1. The van der Waals surface area contributed by atoms with Crippen molar-refractivity contribution in [2.24, 2.45) is 0 Å². The molecule has 22 heteroatoms. The van der Waals surface area contributed by atoms with Gasteiger partial charge in [-0.1, -0.05) is 60.7 Å². The Morgan fingerprint density at radius 1 is 0.492 bits per heavy atom. The van der Waals surface area contributed by atoms with Crippen LogP contribution in [0.5, 0.6) is 0 Å². The van der Waals surface area contributed by atoms with Crippen LogP contribution in [0.4, 0.5) is 9.59 Å². The van der Waals surface area contributed by atoms with E-state index < -0.39 is 123 Å². The summed E-state index contributed by atoms with van der Waals surface area (Å²) in [6, 6.07) is 12.4. The van der Waals surface area contributed by atoms with Crippen molar-refractivity contribution in [1.29, 1.82) is 0 Å². The van der Waals surface area contributed by atoms with Crippen molar-refractivity contribution >= 4 is 56.5 Å². The van der Waals surface area contributed by atoms with E-state index in [0.29, 0.717) is 19.7 Å². The third kappa shape index (κ3) is 21.9. The minimum atomic E-state index is -5.22. The van der Waals surface area contributed by atoms with Gasteiger partial charge >= 0.3 is 56.5 Å². The summed E-state index contributed by atoms with van der Waals surface area (Å²) in [6.07, 6.45) is -5.53. The highest BCUT2D eigenvalue weighted by molar-refractivity contribution is 7.88. The van der Waals surface area contributed by atoms with Crippen LogP contribution in [0.25, 0.3) is 0 Å². The maximum absolute atomic E-state index is 14.2. The van der Waals surface area contributed by atoms with Crippen LogP contribution in [-0.2, 0) is 81.2 Å². The molecule has 2 amide bonds. The molecular formula is C43H64N4O16S2. The minimum Gasteiger partial charge on any atom is -0.460 e. The molecule has 0 heterocycles. The second kappa shape index (κ2) is 23.2. The molecule has 2 atom stereocenters. The Labute approximate surface area is 382 Å². The summed E-state index contributed by atoms with van der Waals surface area (Å²) in [5, 5.41) is 0. The molecule has 0 fully saturated rings. The molecule has 0 aliphatic carbocycles. The molecule has 0 aliphatic heterocycles. The highest BCUT2D eigenvalue weighted by Crippen LogP contribution is 2.23. The van der Waals surface area contributed by atoms with Crippen molar-refractivity contribution in [3.05, 3.63) is 71.8 Å². The Bertz CT molecular complexity index is 2010. The number of ether oxygens (including phenoxy) is 6. The lowest BCUT2D eigenvalue weighted by Crippen LogP contribution is -2.56. The topological polar surface area (TPSA) is 257 Å². The molecule has 364 valence electrons. The number of carbonyl (C=O) groups excluding carboxylic acids is 6. The molecule has 2 N–H and O–H groups in total. The van der Waals surface area contributed by atoms with Crippen LogP contribution >= 0.6 is 0 Å².